The van der Waals surface area contributed by atoms with Crippen molar-refractivity contribution < 1.29 is 9.53 Å². The Kier molecular flexibility index (Phi) is 5.19. The largest absolute Gasteiger partial charge is 0.469 e. The number of hydrogen-bond donors (Lipinski definition) is 2. The molecule has 0 aliphatic heterocycles. The van der Waals surface area contributed by atoms with Crippen LogP contribution in [-0.2, 0) is 16.0 Å². The first-order valence-electron chi connectivity index (χ1n) is 5.56. The summed E-state index contributed by atoms with van der Waals surface area (Å²) in [6.45, 7) is 2.49. The predicted octanol–water partition coefficient (Wildman–Crippen LogP) is 1.06. The number of hydrogen-bond acceptors (Lipinski definition) is 6. The van der Waals surface area contributed by atoms with E-state index in [0.29, 0.717) is 18.8 Å². The van der Waals surface area contributed by atoms with Crippen molar-refractivity contribution in [3.63, 3.8) is 0 Å². The Balaban J connectivity index is 2.60. The Hall–Kier alpha value is -1.85. The number of esters is 1. The minimum Gasteiger partial charge on any atom is -0.469 e. The van der Waals surface area contributed by atoms with Gasteiger partial charge < -0.3 is 15.4 Å². The zero-order valence-electron chi connectivity index (χ0n) is 10.4. The number of carbonyl (C=O) groups is 1. The smallest absolute Gasteiger partial charge is 0.307 e. The monoisotopic (exact) mass is 238 g/mol. The molecule has 6 nitrogen and oxygen atoms in total. The molecule has 0 saturated carbocycles. The van der Waals surface area contributed by atoms with E-state index in [1.54, 1.807) is 13.1 Å². The quantitative estimate of drug-likeness (QED) is 0.722. The number of methoxy groups -OCH3 is 1. The molecule has 1 aromatic heterocycles. The van der Waals surface area contributed by atoms with E-state index >= 15 is 0 Å². The van der Waals surface area contributed by atoms with Crippen molar-refractivity contribution in [2.45, 2.75) is 19.8 Å². The number of nitrogens with zero attached hydrogens (tertiary/aromatic N) is 2. The van der Waals surface area contributed by atoms with E-state index in [1.165, 1.54) is 7.11 Å². The summed E-state index contributed by atoms with van der Waals surface area (Å²) in [6, 6.07) is 1.80. The Morgan fingerprint density at radius 1 is 1.41 bits per heavy atom. The Labute approximate surface area is 101 Å². The van der Waals surface area contributed by atoms with Crippen LogP contribution in [0.4, 0.5) is 11.6 Å². The minimum absolute atomic E-state index is 0.240. The van der Waals surface area contributed by atoms with Gasteiger partial charge in [-0.1, -0.05) is 6.92 Å². The van der Waals surface area contributed by atoms with Crippen molar-refractivity contribution in [2.75, 3.05) is 31.3 Å². The molecule has 0 amide bonds. The summed E-state index contributed by atoms with van der Waals surface area (Å²) < 4.78 is 4.55. The molecule has 0 atom stereocenters. The van der Waals surface area contributed by atoms with Gasteiger partial charge in [0.2, 0.25) is 0 Å². The highest BCUT2D eigenvalue weighted by molar-refractivity contribution is 5.69. The second-order valence-corrected chi connectivity index (χ2v) is 3.41. The predicted molar refractivity (Wildman–Crippen MR) is 66.1 cm³/mol. The van der Waals surface area contributed by atoms with Crippen LogP contribution in [0, 0.1) is 0 Å². The maximum Gasteiger partial charge on any atom is 0.307 e. The van der Waals surface area contributed by atoms with Gasteiger partial charge in [0.15, 0.2) is 0 Å². The third-order valence-corrected chi connectivity index (χ3v) is 2.21. The van der Waals surface area contributed by atoms with Gasteiger partial charge in [-0.3, -0.25) is 4.79 Å². The van der Waals surface area contributed by atoms with Crippen LogP contribution in [0.5, 0.6) is 0 Å². The fourth-order valence-electron chi connectivity index (χ4n) is 1.27. The zero-order valence-corrected chi connectivity index (χ0v) is 10.4. The van der Waals surface area contributed by atoms with E-state index in [4.69, 9.17) is 0 Å². The first-order valence-corrected chi connectivity index (χ1v) is 5.56. The normalized spacial score (nSPS) is 9.82. The highest BCUT2D eigenvalue weighted by atomic mass is 16.5. The topological polar surface area (TPSA) is 76.1 Å². The Bertz CT molecular complexity index is 359. The first kappa shape index (κ1) is 13.2. The van der Waals surface area contributed by atoms with Crippen LogP contribution in [0.3, 0.4) is 0 Å². The molecule has 1 heterocycles. The molecule has 17 heavy (non-hydrogen) atoms. The highest BCUT2D eigenvalue weighted by Gasteiger charge is 2.03. The molecule has 0 aromatic carbocycles. The molecule has 94 valence electrons. The summed E-state index contributed by atoms with van der Waals surface area (Å²) >= 11 is 0. The molecule has 2 N–H and O–H groups in total. The molecule has 0 aliphatic carbocycles. The van der Waals surface area contributed by atoms with Gasteiger partial charge in [-0.15, -0.1) is 0 Å². The van der Waals surface area contributed by atoms with Crippen LogP contribution >= 0.6 is 0 Å². The van der Waals surface area contributed by atoms with Crippen molar-refractivity contribution in [3.05, 3.63) is 11.9 Å². The van der Waals surface area contributed by atoms with Crippen LogP contribution in [0.1, 0.15) is 19.2 Å². The fraction of sp³-hybridized carbons (Fsp3) is 0.545. The lowest BCUT2D eigenvalue weighted by molar-refractivity contribution is -0.140. The third-order valence-electron chi connectivity index (χ3n) is 2.21. The molecular formula is C11H18N4O2. The van der Waals surface area contributed by atoms with E-state index in [0.717, 1.165) is 18.1 Å². The summed E-state index contributed by atoms with van der Waals surface area (Å²) in [5, 5.41) is 6.04. The molecule has 1 aromatic rings. The van der Waals surface area contributed by atoms with E-state index in [2.05, 4.69) is 25.3 Å². The third kappa shape index (κ3) is 4.26. The summed E-state index contributed by atoms with van der Waals surface area (Å²) in [6.07, 6.45) is 1.08. The van der Waals surface area contributed by atoms with Gasteiger partial charge in [0.05, 0.1) is 13.5 Å². The summed E-state index contributed by atoms with van der Waals surface area (Å²) in [7, 11) is 3.18. The standard InChI is InChI=1S/C11H18N4O2/c1-4-8-14-9(12-2)7-10(15-8)13-6-5-11(16)17-3/h7H,4-6H2,1-3H3,(H2,12,13,14,15). The molecule has 0 spiro atoms. The number of carbonyl (C=O) groups excluding carboxylic acids is 1. The van der Waals surface area contributed by atoms with Crippen LogP contribution in [0.15, 0.2) is 6.07 Å². The molecule has 6 heteroatoms. The van der Waals surface area contributed by atoms with Crippen LogP contribution < -0.4 is 10.6 Å². The highest BCUT2D eigenvalue weighted by Crippen LogP contribution is 2.11. The Morgan fingerprint density at radius 3 is 2.71 bits per heavy atom. The van der Waals surface area contributed by atoms with Crippen molar-refractivity contribution in [1.82, 2.24) is 9.97 Å². The van der Waals surface area contributed by atoms with Gasteiger partial charge in [0, 0.05) is 26.1 Å². The van der Waals surface area contributed by atoms with E-state index in [9.17, 15) is 4.79 Å². The molecule has 1 rings (SSSR count). The number of rotatable bonds is 6. The van der Waals surface area contributed by atoms with E-state index in [1.807, 2.05) is 6.92 Å². The fourth-order valence-corrected chi connectivity index (χ4v) is 1.27. The molecule has 0 fully saturated rings. The summed E-state index contributed by atoms with van der Waals surface area (Å²) in [5.41, 5.74) is 0. The molecule has 0 bridgehead atoms. The second kappa shape index (κ2) is 6.67. The molecule has 0 aliphatic rings. The summed E-state index contributed by atoms with van der Waals surface area (Å²) in [4.78, 5) is 19.5. The maximum absolute atomic E-state index is 10.9. The lowest BCUT2D eigenvalue weighted by Crippen LogP contribution is -2.12. The molecule has 0 radical (unpaired) electrons. The van der Waals surface area contributed by atoms with E-state index < -0.39 is 0 Å². The number of aryl methyl sites for hydroxylation is 1. The number of nitrogens with one attached hydrogen (secondary N) is 2. The average molecular weight is 238 g/mol. The lowest BCUT2D eigenvalue weighted by atomic mass is 10.4. The number of ether oxygens (including phenoxy) is 1. The van der Waals surface area contributed by atoms with Gasteiger partial charge in [0.1, 0.15) is 17.5 Å². The molecule has 0 saturated heterocycles. The van der Waals surface area contributed by atoms with Gasteiger partial charge in [0.25, 0.3) is 0 Å². The lowest BCUT2D eigenvalue weighted by Gasteiger charge is -2.08. The second-order valence-electron chi connectivity index (χ2n) is 3.41. The van der Waals surface area contributed by atoms with Crippen molar-refractivity contribution in [3.8, 4) is 0 Å². The summed E-state index contributed by atoms with van der Waals surface area (Å²) in [5.74, 6) is 2.00. The first-order chi connectivity index (χ1) is 8.19. The van der Waals surface area contributed by atoms with Crippen molar-refractivity contribution in [1.29, 1.82) is 0 Å². The van der Waals surface area contributed by atoms with Crippen molar-refractivity contribution in [2.24, 2.45) is 0 Å². The maximum atomic E-state index is 10.9. The van der Waals surface area contributed by atoms with Crippen LogP contribution in [-0.4, -0.2) is 36.6 Å². The zero-order chi connectivity index (χ0) is 12.7. The van der Waals surface area contributed by atoms with Crippen molar-refractivity contribution >= 4 is 17.6 Å². The molecular weight excluding hydrogens is 220 g/mol. The van der Waals surface area contributed by atoms with Crippen LogP contribution in [0.25, 0.3) is 0 Å². The number of anilines is 2. The minimum atomic E-state index is -0.240. The Morgan fingerprint density at radius 2 is 2.12 bits per heavy atom. The van der Waals surface area contributed by atoms with Gasteiger partial charge >= 0.3 is 5.97 Å². The van der Waals surface area contributed by atoms with Crippen LogP contribution in [0.2, 0.25) is 0 Å². The average Bonchev–Trinajstić information content (AvgIpc) is 2.37. The SMILES string of the molecule is CCc1nc(NC)cc(NCCC(=O)OC)n1. The van der Waals surface area contributed by atoms with E-state index in [-0.39, 0.29) is 5.97 Å². The molecule has 0 unspecified atom stereocenters. The van der Waals surface area contributed by atoms with Gasteiger partial charge in [-0.05, 0) is 0 Å². The van der Waals surface area contributed by atoms with Gasteiger partial charge in [-0.25, -0.2) is 9.97 Å². The number of aromatic nitrogens is 2. The van der Waals surface area contributed by atoms with Gasteiger partial charge in [-0.2, -0.15) is 0 Å².